The predicted molar refractivity (Wildman–Crippen MR) is 92.2 cm³/mol. The van der Waals surface area contributed by atoms with Crippen molar-refractivity contribution in [1.29, 1.82) is 0 Å². The van der Waals surface area contributed by atoms with Gasteiger partial charge < -0.3 is 13.9 Å². The van der Waals surface area contributed by atoms with Gasteiger partial charge in [-0.2, -0.15) is 5.10 Å². The molecule has 0 unspecified atom stereocenters. The van der Waals surface area contributed by atoms with Crippen molar-refractivity contribution in [3.05, 3.63) is 66.7 Å². The number of oxazole rings is 1. The molecule has 0 bridgehead atoms. The summed E-state index contributed by atoms with van der Waals surface area (Å²) in [4.78, 5) is 13.9. The number of carbonyl (C=O) groups excluding carboxylic acids is 1. The first-order valence-electron chi connectivity index (χ1n) is 7.41. The third kappa shape index (κ3) is 4.68. The zero-order chi connectivity index (χ0) is 17.3. The highest BCUT2D eigenvalue weighted by Crippen LogP contribution is 2.20. The number of hydrazone groups is 1. The number of rotatable bonds is 8. The summed E-state index contributed by atoms with van der Waals surface area (Å²) in [7, 11) is 0. The maximum absolute atomic E-state index is 10.0. The Kier molecular flexibility index (Phi) is 5.40. The Balaban J connectivity index is 1.53. The molecule has 0 spiro atoms. The van der Waals surface area contributed by atoms with Crippen molar-refractivity contribution in [3.63, 3.8) is 0 Å². The summed E-state index contributed by atoms with van der Waals surface area (Å²) in [6.45, 7) is 0.229. The van der Waals surface area contributed by atoms with Gasteiger partial charge in [-0.25, -0.2) is 4.98 Å². The maximum atomic E-state index is 10.0. The minimum atomic E-state index is -0.109. The quantitative estimate of drug-likeness (QED) is 0.223. The largest absolute Gasteiger partial charge is 0.457 e. The fourth-order valence-electron chi connectivity index (χ4n) is 2.03. The van der Waals surface area contributed by atoms with Gasteiger partial charge in [0.1, 0.15) is 5.75 Å². The second-order valence-corrected chi connectivity index (χ2v) is 4.91. The molecule has 7 nitrogen and oxygen atoms in total. The molecule has 3 rings (SSSR count). The van der Waals surface area contributed by atoms with E-state index in [1.54, 1.807) is 24.5 Å². The fourth-order valence-corrected chi connectivity index (χ4v) is 2.03. The lowest BCUT2D eigenvalue weighted by Gasteiger charge is -2.04. The highest BCUT2D eigenvalue weighted by Gasteiger charge is 2.00. The van der Waals surface area contributed by atoms with Crippen LogP contribution in [0.3, 0.4) is 0 Å². The van der Waals surface area contributed by atoms with Crippen LogP contribution in [0.15, 0.2) is 70.6 Å². The summed E-state index contributed by atoms with van der Waals surface area (Å²) < 4.78 is 14.9. The minimum absolute atomic E-state index is 0.109. The number of carbonyl (C=O) groups is 1. The van der Waals surface area contributed by atoms with Crippen LogP contribution in [-0.4, -0.2) is 24.5 Å². The van der Waals surface area contributed by atoms with E-state index in [0.717, 1.165) is 22.6 Å². The molecule has 0 fully saturated rings. The number of hydrogen-bond donors (Lipinski definition) is 1. The van der Waals surface area contributed by atoms with E-state index in [1.807, 2.05) is 36.4 Å². The summed E-state index contributed by atoms with van der Waals surface area (Å²) in [5, 5.41) is 4.19. The number of anilines is 1. The summed E-state index contributed by atoms with van der Waals surface area (Å²) in [6, 6.07) is 14.9. The first kappa shape index (κ1) is 16.3. The standard InChI is InChI=1S/C18H15N3O4/c22-12-23-13-25-17-7-1-14(2-8-17)9-20-21-16-5-3-15(4-6-16)18-10-19-11-24-18/h1-12,21H,13H2/b20-9+. The Labute approximate surface area is 143 Å². The van der Waals surface area contributed by atoms with Crippen LogP contribution in [0.4, 0.5) is 5.69 Å². The zero-order valence-electron chi connectivity index (χ0n) is 13.2. The number of aromatic nitrogens is 1. The average Bonchev–Trinajstić information content (AvgIpc) is 3.19. The SMILES string of the molecule is O=COCOc1ccc(/C=N/Nc2ccc(-c3cnco3)cc2)cc1. The third-order valence-corrected chi connectivity index (χ3v) is 3.25. The van der Waals surface area contributed by atoms with Gasteiger partial charge >= 0.3 is 0 Å². The molecular weight excluding hydrogens is 322 g/mol. The van der Waals surface area contributed by atoms with Crippen molar-refractivity contribution in [1.82, 2.24) is 4.98 Å². The first-order valence-corrected chi connectivity index (χ1v) is 7.41. The molecule has 1 aromatic heterocycles. The average molecular weight is 337 g/mol. The Morgan fingerprint density at radius 2 is 1.92 bits per heavy atom. The number of hydrogen-bond acceptors (Lipinski definition) is 7. The van der Waals surface area contributed by atoms with Crippen LogP contribution in [-0.2, 0) is 9.53 Å². The van der Waals surface area contributed by atoms with Crippen LogP contribution in [0.1, 0.15) is 5.56 Å². The molecule has 2 aromatic carbocycles. The third-order valence-electron chi connectivity index (χ3n) is 3.25. The lowest BCUT2D eigenvalue weighted by Crippen LogP contribution is -2.00. The Morgan fingerprint density at radius 1 is 1.12 bits per heavy atom. The first-order chi connectivity index (χ1) is 12.3. The molecule has 1 heterocycles. The van der Waals surface area contributed by atoms with E-state index in [2.05, 4.69) is 20.2 Å². The number of benzene rings is 2. The van der Waals surface area contributed by atoms with Crippen LogP contribution in [0, 0.1) is 0 Å². The molecule has 0 atom stereocenters. The highest BCUT2D eigenvalue weighted by molar-refractivity contribution is 5.80. The summed E-state index contributed by atoms with van der Waals surface area (Å²) in [5.41, 5.74) is 5.65. The molecule has 7 heteroatoms. The number of nitrogens with zero attached hydrogens (tertiary/aromatic N) is 2. The molecule has 0 aliphatic carbocycles. The Bertz CT molecular complexity index is 813. The normalized spacial score (nSPS) is 10.6. The summed E-state index contributed by atoms with van der Waals surface area (Å²) in [5.74, 6) is 1.32. The summed E-state index contributed by atoms with van der Waals surface area (Å²) >= 11 is 0. The minimum Gasteiger partial charge on any atom is -0.457 e. The van der Waals surface area contributed by atoms with E-state index in [1.165, 1.54) is 6.39 Å². The fraction of sp³-hybridized carbons (Fsp3) is 0.0556. The molecule has 3 aromatic rings. The summed E-state index contributed by atoms with van der Waals surface area (Å²) in [6.07, 6.45) is 4.76. The molecule has 0 radical (unpaired) electrons. The smallest absolute Gasteiger partial charge is 0.295 e. The van der Waals surface area contributed by atoms with Crippen LogP contribution in [0.25, 0.3) is 11.3 Å². The zero-order valence-corrected chi connectivity index (χ0v) is 13.2. The van der Waals surface area contributed by atoms with Gasteiger partial charge in [-0.3, -0.25) is 10.2 Å². The molecule has 0 amide bonds. The van der Waals surface area contributed by atoms with Gasteiger partial charge in [0.2, 0.25) is 6.79 Å². The van der Waals surface area contributed by atoms with Gasteiger partial charge in [0.25, 0.3) is 6.47 Å². The molecular formula is C18H15N3O4. The van der Waals surface area contributed by atoms with Gasteiger partial charge in [0.05, 0.1) is 18.1 Å². The van der Waals surface area contributed by atoms with Gasteiger partial charge in [0, 0.05) is 5.56 Å². The van der Waals surface area contributed by atoms with Crippen molar-refractivity contribution in [3.8, 4) is 17.1 Å². The van der Waals surface area contributed by atoms with Crippen LogP contribution < -0.4 is 10.2 Å². The van der Waals surface area contributed by atoms with Crippen molar-refractivity contribution in [2.45, 2.75) is 0 Å². The van der Waals surface area contributed by atoms with E-state index in [-0.39, 0.29) is 6.79 Å². The number of nitrogens with one attached hydrogen (secondary N) is 1. The van der Waals surface area contributed by atoms with E-state index >= 15 is 0 Å². The molecule has 0 aliphatic rings. The van der Waals surface area contributed by atoms with E-state index in [9.17, 15) is 4.79 Å². The molecule has 126 valence electrons. The molecule has 0 saturated carbocycles. The second-order valence-electron chi connectivity index (χ2n) is 4.91. The van der Waals surface area contributed by atoms with Crippen LogP contribution >= 0.6 is 0 Å². The highest BCUT2D eigenvalue weighted by atomic mass is 16.7. The van der Waals surface area contributed by atoms with E-state index < -0.39 is 0 Å². The lowest BCUT2D eigenvalue weighted by molar-refractivity contribution is -0.134. The van der Waals surface area contributed by atoms with E-state index in [4.69, 9.17) is 9.15 Å². The van der Waals surface area contributed by atoms with Gasteiger partial charge in [-0.15, -0.1) is 0 Å². The van der Waals surface area contributed by atoms with Crippen LogP contribution in [0.5, 0.6) is 5.75 Å². The Morgan fingerprint density at radius 3 is 2.60 bits per heavy atom. The van der Waals surface area contributed by atoms with Gasteiger partial charge in [-0.05, 0) is 54.1 Å². The molecule has 25 heavy (non-hydrogen) atoms. The maximum Gasteiger partial charge on any atom is 0.295 e. The monoisotopic (exact) mass is 337 g/mol. The van der Waals surface area contributed by atoms with Crippen molar-refractivity contribution in [2.24, 2.45) is 5.10 Å². The van der Waals surface area contributed by atoms with Crippen molar-refractivity contribution in [2.75, 3.05) is 12.2 Å². The molecule has 0 saturated heterocycles. The van der Waals surface area contributed by atoms with Crippen LogP contribution in [0.2, 0.25) is 0 Å². The second kappa shape index (κ2) is 8.30. The van der Waals surface area contributed by atoms with Gasteiger partial charge in [0.15, 0.2) is 12.2 Å². The van der Waals surface area contributed by atoms with Gasteiger partial charge in [-0.1, -0.05) is 0 Å². The molecule has 1 N–H and O–H groups in total. The Hall–Kier alpha value is -3.61. The predicted octanol–water partition coefficient (Wildman–Crippen LogP) is 3.30. The molecule has 0 aliphatic heterocycles. The lowest BCUT2D eigenvalue weighted by atomic mass is 10.2. The van der Waals surface area contributed by atoms with E-state index in [0.29, 0.717) is 12.2 Å². The van der Waals surface area contributed by atoms with Crippen molar-refractivity contribution < 1.29 is 18.7 Å². The number of ether oxygens (including phenoxy) is 2. The topological polar surface area (TPSA) is 86.0 Å². The van der Waals surface area contributed by atoms with Crippen molar-refractivity contribution >= 4 is 18.4 Å².